The summed E-state index contributed by atoms with van der Waals surface area (Å²) < 4.78 is 0. The van der Waals surface area contributed by atoms with Gasteiger partial charge < -0.3 is 5.32 Å². The van der Waals surface area contributed by atoms with Crippen LogP contribution in [0.5, 0.6) is 0 Å². The van der Waals surface area contributed by atoms with Crippen LogP contribution < -0.4 is 5.32 Å². The van der Waals surface area contributed by atoms with Gasteiger partial charge in [0.2, 0.25) is 0 Å². The number of aliphatic imine (C=N–C) groups is 1. The highest BCUT2D eigenvalue weighted by Crippen LogP contribution is 2.48. The van der Waals surface area contributed by atoms with Gasteiger partial charge in [0.15, 0.2) is 5.17 Å². The molecule has 1 N–H and O–H groups in total. The minimum atomic E-state index is 0.597. The molecular formula is C11H20N2S. The molecule has 0 radical (unpaired) electrons. The largest absolute Gasteiger partial charge is 0.361 e. The second-order valence-corrected chi connectivity index (χ2v) is 5.54. The second-order valence-electron chi connectivity index (χ2n) is 4.54. The predicted octanol–water partition coefficient (Wildman–Crippen LogP) is 2.65. The summed E-state index contributed by atoms with van der Waals surface area (Å²) in [5, 5.41) is 4.67. The van der Waals surface area contributed by atoms with Crippen LogP contribution in [0.2, 0.25) is 0 Å². The summed E-state index contributed by atoms with van der Waals surface area (Å²) in [6, 6.07) is 0.663. The normalized spacial score (nSPS) is 31.9. The van der Waals surface area contributed by atoms with E-state index in [9.17, 15) is 0 Å². The minimum absolute atomic E-state index is 0.597. The fourth-order valence-electron chi connectivity index (χ4n) is 1.79. The van der Waals surface area contributed by atoms with Crippen LogP contribution in [-0.2, 0) is 0 Å². The van der Waals surface area contributed by atoms with E-state index in [1.807, 2.05) is 11.8 Å². The molecule has 0 amide bonds. The Bertz CT molecular complexity index is 233. The number of thioether (sulfide) groups is 1. The number of hydrogen-bond donors (Lipinski definition) is 1. The average Bonchev–Trinajstić information content (AvgIpc) is 2.86. The molecule has 0 aromatic heterocycles. The lowest BCUT2D eigenvalue weighted by molar-refractivity contribution is 0.505. The first-order chi connectivity index (χ1) is 6.78. The van der Waals surface area contributed by atoms with Gasteiger partial charge in [0, 0.05) is 18.3 Å². The van der Waals surface area contributed by atoms with Crippen LogP contribution in [0.1, 0.15) is 39.5 Å². The van der Waals surface area contributed by atoms with E-state index in [0.29, 0.717) is 11.5 Å². The van der Waals surface area contributed by atoms with Crippen LogP contribution in [0.25, 0.3) is 0 Å². The lowest BCUT2D eigenvalue weighted by atomic mass is 10.1. The van der Waals surface area contributed by atoms with Crippen molar-refractivity contribution < 1.29 is 0 Å². The zero-order chi connectivity index (χ0) is 10.0. The number of nitrogens with one attached hydrogen (secondary N) is 1. The molecule has 80 valence electrons. The summed E-state index contributed by atoms with van der Waals surface area (Å²) in [5.74, 6) is 1.20. The highest BCUT2D eigenvalue weighted by atomic mass is 32.2. The van der Waals surface area contributed by atoms with Gasteiger partial charge in [-0.3, -0.25) is 4.99 Å². The molecular weight excluding hydrogens is 192 g/mol. The first-order valence-electron chi connectivity index (χ1n) is 5.72. The monoisotopic (exact) mass is 212 g/mol. The first kappa shape index (κ1) is 10.3. The topological polar surface area (TPSA) is 24.4 Å². The van der Waals surface area contributed by atoms with Crippen LogP contribution in [0.3, 0.4) is 0 Å². The van der Waals surface area contributed by atoms with Crippen molar-refractivity contribution in [3.8, 4) is 0 Å². The Morgan fingerprint density at radius 2 is 2.29 bits per heavy atom. The smallest absolute Gasteiger partial charge is 0.156 e. The fourth-order valence-corrected chi connectivity index (χ4v) is 2.87. The Balaban J connectivity index is 1.81. The quantitative estimate of drug-likeness (QED) is 0.775. The van der Waals surface area contributed by atoms with E-state index in [2.05, 4.69) is 19.2 Å². The van der Waals surface area contributed by atoms with Gasteiger partial charge in [-0.15, -0.1) is 0 Å². The van der Waals surface area contributed by atoms with Crippen molar-refractivity contribution in [1.29, 1.82) is 0 Å². The second kappa shape index (κ2) is 4.13. The number of amidine groups is 1. The highest BCUT2D eigenvalue weighted by molar-refractivity contribution is 8.14. The van der Waals surface area contributed by atoms with E-state index in [0.717, 1.165) is 6.54 Å². The molecule has 1 saturated heterocycles. The van der Waals surface area contributed by atoms with Crippen molar-refractivity contribution in [2.24, 2.45) is 10.4 Å². The molecule has 1 aliphatic heterocycles. The molecule has 1 unspecified atom stereocenters. The molecule has 1 saturated carbocycles. The third kappa shape index (κ3) is 2.25. The van der Waals surface area contributed by atoms with Crippen molar-refractivity contribution in [2.45, 2.75) is 45.6 Å². The van der Waals surface area contributed by atoms with Gasteiger partial charge in [-0.2, -0.15) is 0 Å². The molecule has 0 bridgehead atoms. The molecule has 2 rings (SSSR count). The summed E-state index contributed by atoms with van der Waals surface area (Å²) in [6.45, 7) is 5.57. The third-order valence-electron chi connectivity index (χ3n) is 3.51. The maximum absolute atomic E-state index is 4.69. The molecule has 1 aliphatic carbocycles. The summed E-state index contributed by atoms with van der Waals surface area (Å²) in [5.41, 5.74) is 0.597. The molecule has 0 aromatic carbocycles. The molecule has 2 fully saturated rings. The van der Waals surface area contributed by atoms with Gasteiger partial charge in [-0.25, -0.2) is 0 Å². The summed E-state index contributed by atoms with van der Waals surface area (Å²) in [7, 11) is 0. The van der Waals surface area contributed by atoms with Crippen molar-refractivity contribution in [1.82, 2.24) is 5.32 Å². The zero-order valence-electron chi connectivity index (χ0n) is 9.18. The van der Waals surface area contributed by atoms with Crippen LogP contribution in [0.4, 0.5) is 0 Å². The Morgan fingerprint density at radius 1 is 1.50 bits per heavy atom. The van der Waals surface area contributed by atoms with E-state index in [1.54, 1.807) is 0 Å². The lowest BCUT2D eigenvalue weighted by Crippen LogP contribution is -2.26. The van der Waals surface area contributed by atoms with Gasteiger partial charge in [0.1, 0.15) is 0 Å². The molecule has 1 heterocycles. The molecule has 0 spiro atoms. The maximum atomic E-state index is 4.69. The van der Waals surface area contributed by atoms with E-state index < -0.39 is 0 Å². The molecule has 1 atom stereocenters. The molecule has 2 nitrogen and oxygen atoms in total. The first-order valence-corrected chi connectivity index (χ1v) is 6.70. The van der Waals surface area contributed by atoms with Gasteiger partial charge >= 0.3 is 0 Å². The zero-order valence-corrected chi connectivity index (χ0v) is 9.99. The average molecular weight is 212 g/mol. The van der Waals surface area contributed by atoms with E-state index >= 15 is 0 Å². The fraction of sp³-hybridized carbons (Fsp3) is 0.909. The standard InChI is InChI=1S/C11H20N2S/c1-3-9-7-14-10(13-9)12-8-11(4-2)5-6-11/h9H,3-8H2,1-2H3,(H,12,13). The van der Waals surface area contributed by atoms with Crippen LogP contribution in [-0.4, -0.2) is 23.5 Å². The Hall–Kier alpha value is -0.180. The van der Waals surface area contributed by atoms with Crippen LogP contribution >= 0.6 is 11.8 Å². The molecule has 0 aromatic rings. The lowest BCUT2D eigenvalue weighted by Gasteiger charge is -2.09. The van der Waals surface area contributed by atoms with Gasteiger partial charge in [-0.1, -0.05) is 25.6 Å². The minimum Gasteiger partial charge on any atom is -0.361 e. The van der Waals surface area contributed by atoms with Gasteiger partial charge in [0.05, 0.1) is 0 Å². The van der Waals surface area contributed by atoms with Crippen molar-refractivity contribution in [3.63, 3.8) is 0 Å². The number of hydrogen-bond acceptors (Lipinski definition) is 2. The SMILES string of the molecule is CCC1CSC(=NCC2(CC)CC2)N1. The number of nitrogens with zero attached hydrogens (tertiary/aromatic N) is 1. The van der Waals surface area contributed by atoms with Crippen molar-refractivity contribution >= 4 is 16.9 Å². The molecule has 14 heavy (non-hydrogen) atoms. The van der Waals surface area contributed by atoms with Crippen molar-refractivity contribution in [3.05, 3.63) is 0 Å². The Labute approximate surface area is 90.9 Å². The van der Waals surface area contributed by atoms with Crippen molar-refractivity contribution in [2.75, 3.05) is 12.3 Å². The van der Waals surface area contributed by atoms with Gasteiger partial charge in [-0.05, 0) is 31.1 Å². The summed E-state index contributed by atoms with van der Waals surface area (Å²) in [4.78, 5) is 4.69. The highest BCUT2D eigenvalue weighted by Gasteiger charge is 2.40. The van der Waals surface area contributed by atoms with Crippen LogP contribution in [0, 0.1) is 5.41 Å². The van der Waals surface area contributed by atoms with Gasteiger partial charge in [0.25, 0.3) is 0 Å². The number of rotatable bonds is 4. The van der Waals surface area contributed by atoms with Crippen LogP contribution in [0.15, 0.2) is 4.99 Å². The third-order valence-corrected chi connectivity index (χ3v) is 4.60. The summed E-state index contributed by atoms with van der Waals surface area (Å²) >= 11 is 1.89. The Kier molecular flexibility index (Phi) is 3.05. The van der Waals surface area contributed by atoms with E-state index in [4.69, 9.17) is 4.99 Å². The molecule has 3 heteroatoms. The molecule has 2 aliphatic rings. The summed E-state index contributed by atoms with van der Waals surface area (Å²) in [6.07, 6.45) is 5.29. The Morgan fingerprint density at radius 3 is 2.79 bits per heavy atom. The predicted molar refractivity (Wildman–Crippen MR) is 63.9 cm³/mol. The van der Waals surface area contributed by atoms with E-state index in [-0.39, 0.29) is 0 Å². The maximum Gasteiger partial charge on any atom is 0.156 e. The van der Waals surface area contributed by atoms with E-state index in [1.165, 1.54) is 36.6 Å².